The van der Waals surface area contributed by atoms with Gasteiger partial charge in [-0.1, -0.05) is 24.3 Å². The zero-order valence-corrected chi connectivity index (χ0v) is 14.1. The zero-order valence-electron chi connectivity index (χ0n) is 13.3. The molecule has 114 valence electrons. The highest BCUT2D eigenvalue weighted by molar-refractivity contribution is 8.03. The highest BCUT2D eigenvalue weighted by atomic mass is 32.2. The topological polar surface area (TPSA) is 7.12 Å². The summed E-state index contributed by atoms with van der Waals surface area (Å²) in [5.41, 5.74) is 2.58. The average Bonchev–Trinajstić information content (AvgIpc) is 3.02. The van der Waals surface area contributed by atoms with E-state index in [1.807, 2.05) is 11.8 Å². The van der Waals surface area contributed by atoms with Crippen molar-refractivity contribution >= 4 is 28.7 Å². The number of nitrogens with zero attached hydrogens (tertiary/aromatic N) is 2. The molecular weight excluding hydrogens is 288 g/mol. The molecule has 2 aromatic rings. The fraction of sp³-hybridized carbons (Fsp3) is 0.316. The molecule has 2 heterocycles. The molecule has 0 aliphatic carbocycles. The van der Waals surface area contributed by atoms with Gasteiger partial charge in [-0.3, -0.25) is 0 Å². The second kappa shape index (κ2) is 7.01. The molecule has 2 nitrogen and oxygen atoms in total. The van der Waals surface area contributed by atoms with Crippen LogP contribution in [0.25, 0.3) is 17.0 Å². The van der Waals surface area contributed by atoms with Crippen LogP contribution in [0.5, 0.6) is 0 Å². The molecular formula is C19H23N2S+. The van der Waals surface area contributed by atoms with E-state index in [4.69, 9.17) is 0 Å². The van der Waals surface area contributed by atoms with Crippen molar-refractivity contribution in [3.8, 4) is 0 Å². The van der Waals surface area contributed by atoms with Crippen LogP contribution < -0.4 is 4.57 Å². The molecule has 1 aliphatic heterocycles. The van der Waals surface area contributed by atoms with Crippen molar-refractivity contribution in [1.29, 1.82) is 0 Å². The minimum atomic E-state index is 0.997. The summed E-state index contributed by atoms with van der Waals surface area (Å²) >= 11 is 1.95. The Morgan fingerprint density at radius 2 is 2.09 bits per heavy atom. The Morgan fingerprint density at radius 1 is 1.23 bits per heavy atom. The fourth-order valence-corrected chi connectivity index (χ4v) is 3.99. The molecule has 0 N–H and O–H groups in total. The van der Waals surface area contributed by atoms with Gasteiger partial charge in [0.2, 0.25) is 5.52 Å². The molecule has 1 aromatic carbocycles. The monoisotopic (exact) mass is 311 g/mol. The van der Waals surface area contributed by atoms with Gasteiger partial charge in [-0.05, 0) is 31.6 Å². The molecule has 3 heteroatoms. The molecule has 1 fully saturated rings. The van der Waals surface area contributed by atoms with Crippen LogP contribution >= 0.6 is 11.8 Å². The smallest absolute Gasteiger partial charge is 0.213 e. The summed E-state index contributed by atoms with van der Waals surface area (Å²) in [5.74, 6) is 1.21. The van der Waals surface area contributed by atoms with E-state index >= 15 is 0 Å². The zero-order chi connectivity index (χ0) is 15.4. The van der Waals surface area contributed by atoms with Gasteiger partial charge in [0.25, 0.3) is 0 Å². The van der Waals surface area contributed by atoms with E-state index in [9.17, 15) is 0 Å². The highest BCUT2D eigenvalue weighted by Crippen LogP contribution is 2.27. The summed E-state index contributed by atoms with van der Waals surface area (Å²) in [4.78, 5) is 2.43. The van der Waals surface area contributed by atoms with Crippen LogP contribution in [-0.2, 0) is 6.54 Å². The Kier molecular flexibility index (Phi) is 4.84. The Morgan fingerprint density at radius 3 is 2.91 bits per heavy atom. The molecule has 0 amide bonds. The number of hydrogen-bond donors (Lipinski definition) is 0. The molecule has 1 aromatic heterocycles. The normalized spacial score (nSPS) is 17.2. The van der Waals surface area contributed by atoms with Gasteiger partial charge in [0.1, 0.15) is 6.54 Å². The van der Waals surface area contributed by atoms with Crippen LogP contribution in [-0.4, -0.2) is 23.7 Å². The number of allylic oxidation sites excluding steroid dienone is 2. The van der Waals surface area contributed by atoms with Crippen LogP contribution in [0.15, 0.2) is 53.7 Å². The second-order valence-electron chi connectivity index (χ2n) is 5.37. The molecule has 0 bridgehead atoms. The quantitative estimate of drug-likeness (QED) is 0.786. The third kappa shape index (κ3) is 3.05. The van der Waals surface area contributed by atoms with Crippen LogP contribution in [0, 0.1) is 0 Å². The second-order valence-corrected chi connectivity index (χ2v) is 6.48. The van der Waals surface area contributed by atoms with E-state index in [1.54, 1.807) is 0 Å². The van der Waals surface area contributed by atoms with E-state index in [-0.39, 0.29) is 0 Å². The number of aromatic nitrogens is 1. The standard InChI is InChI=1S/C19H23N2S/c1-3-20-13-12-16(17-9-5-6-10-18(17)20)8-7-11-19-21(4-2)14-15-22-19/h5-13H,3-4,14-15H2,1-2H3/q+1. The minimum absolute atomic E-state index is 0.997. The van der Waals surface area contributed by atoms with Crippen molar-refractivity contribution in [3.05, 3.63) is 59.3 Å². The summed E-state index contributed by atoms with van der Waals surface area (Å²) in [7, 11) is 0. The molecule has 1 aliphatic rings. The maximum absolute atomic E-state index is 2.43. The Hall–Kier alpha value is -1.74. The molecule has 0 atom stereocenters. The molecule has 0 spiro atoms. The van der Waals surface area contributed by atoms with Crippen molar-refractivity contribution in [2.75, 3.05) is 18.8 Å². The van der Waals surface area contributed by atoms with E-state index in [0.717, 1.165) is 13.1 Å². The third-order valence-corrected chi connectivity index (χ3v) is 5.20. The number of fused-ring (bicyclic) bond motifs is 1. The highest BCUT2D eigenvalue weighted by Gasteiger charge is 2.14. The first-order valence-electron chi connectivity index (χ1n) is 8.00. The Labute approximate surface area is 137 Å². The SMILES string of the molecule is CCN1CCSC1=CC=Cc1cc[n+](CC)c2ccccc12. The van der Waals surface area contributed by atoms with Gasteiger partial charge >= 0.3 is 0 Å². The van der Waals surface area contributed by atoms with Gasteiger partial charge in [0.15, 0.2) is 6.20 Å². The summed E-state index contributed by atoms with van der Waals surface area (Å²) < 4.78 is 2.29. The number of para-hydroxylation sites is 1. The van der Waals surface area contributed by atoms with E-state index in [2.05, 4.69) is 78.1 Å². The first-order chi connectivity index (χ1) is 10.8. The molecule has 0 saturated carbocycles. The fourth-order valence-electron chi connectivity index (χ4n) is 2.89. The van der Waals surface area contributed by atoms with Crippen LogP contribution in [0.4, 0.5) is 0 Å². The van der Waals surface area contributed by atoms with Crippen molar-refractivity contribution in [2.24, 2.45) is 0 Å². The van der Waals surface area contributed by atoms with Gasteiger partial charge < -0.3 is 4.90 Å². The van der Waals surface area contributed by atoms with Crippen LogP contribution in [0.3, 0.4) is 0 Å². The van der Waals surface area contributed by atoms with Crippen molar-refractivity contribution in [3.63, 3.8) is 0 Å². The average molecular weight is 311 g/mol. The number of hydrogen-bond acceptors (Lipinski definition) is 2. The molecule has 3 rings (SSSR count). The van der Waals surface area contributed by atoms with Gasteiger partial charge in [-0.15, -0.1) is 11.8 Å². The predicted molar refractivity (Wildman–Crippen MR) is 96.6 cm³/mol. The van der Waals surface area contributed by atoms with Gasteiger partial charge in [0.05, 0.1) is 10.4 Å². The third-order valence-electron chi connectivity index (χ3n) is 4.12. The van der Waals surface area contributed by atoms with Gasteiger partial charge in [0, 0.05) is 31.0 Å². The maximum atomic E-state index is 2.43. The van der Waals surface area contributed by atoms with Crippen molar-refractivity contribution in [2.45, 2.75) is 20.4 Å². The molecule has 0 unspecified atom stereocenters. The van der Waals surface area contributed by atoms with Crippen molar-refractivity contribution < 1.29 is 4.57 Å². The van der Waals surface area contributed by atoms with E-state index in [1.165, 1.54) is 33.8 Å². The number of rotatable bonds is 4. The maximum Gasteiger partial charge on any atom is 0.213 e. The number of benzene rings is 1. The van der Waals surface area contributed by atoms with Crippen molar-refractivity contribution in [1.82, 2.24) is 4.90 Å². The largest absolute Gasteiger partial charge is 0.366 e. The lowest BCUT2D eigenvalue weighted by molar-refractivity contribution is -0.667. The molecule has 22 heavy (non-hydrogen) atoms. The Bertz CT molecular complexity index is 718. The number of thioether (sulfide) groups is 1. The Balaban J connectivity index is 1.91. The van der Waals surface area contributed by atoms with Crippen LogP contribution in [0.2, 0.25) is 0 Å². The number of pyridine rings is 1. The van der Waals surface area contributed by atoms with E-state index < -0.39 is 0 Å². The predicted octanol–water partition coefficient (Wildman–Crippen LogP) is 4.07. The lowest BCUT2D eigenvalue weighted by atomic mass is 10.1. The van der Waals surface area contributed by atoms with E-state index in [0.29, 0.717) is 0 Å². The van der Waals surface area contributed by atoms with Crippen LogP contribution in [0.1, 0.15) is 19.4 Å². The molecule has 1 saturated heterocycles. The summed E-state index contributed by atoms with van der Waals surface area (Å²) in [6.07, 6.45) is 8.84. The number of aryl methyl sites for hydroxylation is 1. The summed E-state index contributed by atoms with van der Waals surface area (Å²) in [6, 6.07) is 10.8. The van der Waals surface area contributed by atoms with Gasteiger partial charge in [-0.25, -0.2) is 0 Å². The summed E-state index contributed by atoms with van der Waals surface area (Å²) in [5, 5.41) is 2.70. The summed E-state index contributed by atoms with van der Waals surface area (Å²) in [6.45, 7) is 7.67. The lowest BCUT2D eigenvalue weighted by Crippen LogP contribution is -2.32. The molecule has 0 radical (unpaired) electrons. The minimum Gasteiger partial charge on any atom is -0.366 e. The first kappa shape index (κ1) is 15.2. The first-order valence-corrected chi connectivity index (χ1v) is 8.99. The lowest BCUT2D eigenvalue weighted by Gasteiger charge is -2.15. The van der Waals surface area contributed by atoms with Gasteiger partial charge in [-0.2, -0.15) is 4.57 Å².